The lowest BCUT2D eigenvalue weighted by molar-refractivity contribution is 0.968. The van der Waals surface area contributed by atoms with Crippen LogP contribution in [0, 0.1) is 11.3 Å². The largest absolute Gasteiger partial charge is 0.192 e. The van der Waals surface area contributed by atoms with Crippen LogP contribution in [0.15, 0.2) is 35.3 Å². The van der Waals surface area contributed by atoms with Gasteiger partial charge in [-0.2, -0.15) is 5.26 Å². The molecule has 13 heavy (non-hydrogen) atoms. The molecule has 2 heteroatoms. The second kappa shape index (κ2) is 4.25. The molecule has 1 rings (SSSR count). The van der Waals surface area contributed by atoms with E-state index in [0.717, 1.165) is 10.0 Å². The molecule has 1 atom stereocenters. The number of halogens is 1. The van der Waals surface area contributed by atoms with E-state index in [2.05, 4.69) is 35.5 Å². The van der Waals surface area contributed by atoms with E-state index >= 15 is 0 Å². The number of nitrogens with zero attached hydrogens (tertiary/aromatic N) is 1. The van der Waals surface area contributed by atoms with Crippen LogP contribution in [0.1, 0.15) is 24.0 Å². The number of nitriles is 1. The minimum Gasteiger partial charge on any atom is -0.192 e. The van der Waals surface area contributed by atoms with Crippen molar-refractivity contribution in [1.29, 1.82) is 5.26 Å². The molecule has 0 N–H and O–H groups in total. The molecule has 0 aliphatic carbocycles. The van der Waals surface area contributed by atoms with Crippen molar-refractivity contribution in [3.63, 3.8) is 0 Å². The minimum absolute atomic E-state index is 0.282. The van der Waals surface area contributed by atoms with Gasteiger partial charge in [-0.05, 0) is 29.7 Å². The van der Waals surface area contributed by atoms with Gasteiger partial charge in [-0.3, -0.25) is 0 Å². The third-order valence-electron chi connectivity index (χ3n) is 1.93. The second-order valence-corrected chi connectivity index (χ2v) is 3.83. The van der Waals surface area contributed by atoms with Crippen LogP contribution in [0.3, 0.4) is 0 Å². The Labute approximate surface area is 86.8 Å². The van der Waals surface area contributed by atoms with Crippen molar-refractivity contribution in [2.45, 2.75) is 12.8 Å². The maximum atomic E-state index is 8.74. The Bertz CT molecular complexity index is 363. The van der Waals surface area contributed by atoms with E-state index in [-0.39, 0.29) is 5.92 Å². The summed E-state index contributed by atoms with van der Waals surface area (Å²) in [6.07, 6.45) is 1.86. The lowest BCUT2D eigenvalue weighted by Crippen LogP contribution is -1.89. The first-order valence-corrected chi connectivity index (χ1v) is 4.80. The highest BCUT2D eigenvalue weighted by molar-refractivity contribution is 9.10. The second-order valence-electron chi connectivity index (χ2n) is 2.91. The summed E-state index contributed by atoms with van der Waals surface area (Å²) in [4.78, 5) is 0. The van der Waals surface area contributed by atoms with E-state index < -0.39 is 0 Å². The average molecular weight is 236 g/mol. The van der Waals surface area contributed by atoms with Crippen molar-refractivity contribution in [1.82, 2.24) is 0 Å². The van der Waals surface area contributed by atoms with Crippen molar-refractivity contribution in [3.05, 3.63) is 46.5 Å². The van der Waals surface area contributed by atoms with E-state index in [9.17, 15) is 0 Å². The van der Waals surface area contributed by atoms with Gasteiger partial charge >= 0.3 is 0 Å². The fourth-order valence-corrected chi connectivity index (χ4v) is 1.59. The van der Waals surface area contributed by atoms with Crippen LogP contribution in [-0.2, 0) is 0 Å². The molecular weight excluding hydrogens is 226 g/mol. The number of benzene rings is 1. The standard InChI is InChI=1S/C11H10BrN/c1-3-8(2)10-4-9(7-13)5-11(12)6-10/h3-6,8H,1H2,2H3. The van der Waals surface area contributed by atoms with Gasteiger partial charge < -0.3 is 0 Å². The zero-order valence-electron chi connectivity index (χ0n) is 7.42. The summed E-state index contributed by atoms with van der Waals surface area (Å²) in [5, 5.41) is 8.74. The first kappa shape index (κ1) is 10.0. The number of hydrogen-bond donors (Lipinski definition) is 0. The lowest BCUT2D eigenvalue weighted by Gasteiger charge is -2.06. The molecule has 1 aromatic carbocycles. The highest BCUT2D eigenvalue weighted by atomic mass is 79.9. The fourth-order valence-electron chi connectivity index (χ4n) is 1.08. The van der Waals surface area contributed by atoms with Crippen LogP contribution in [0.4, 0.5) is 0 Å². The van der Waals surface area contributed by atoms with Gasteiger partial charge in [-0.15, -0.1) is 6.58 Å². The summed E-state index contributed by atoms with van der Waals surface area (Å²) in [6.45, 7) is 5.78. The van der Waals surface area contributed by atoms with E-state index in [1.54, 1.807) is 6.07 Å². The van der Waals surface area contributed by atoms with Crippen molar-refractivity contribution in [2.24, 2.45) is 0 Å². The Morgan fingerprint density at radius 3 is 2.77 bits per heavy atom. The molecule has 0 aliphatic rings. The average Bonchev–Trinajstić information content (AvgIpc) is 2.15. The molecule has 0 spiro atoms. The molecule has 0 aliphatic heterocycles. The van der Waals surface area contributed by atoms with E-state index in [4.69, 9.17) is 5.26 Å². The highest BCUT2D eigenvalue weighted by Crippen LogP contribution is 2.22. The van der Waals surface area contributed by atoms with Crippen molar-refractivity contribution < 1.29 is 0 Å². The molecule has 1 nitrogen and oxygen atoms in total. The maximum absolute atomic E-state index is 8.74. The molecule has 1 unspecified atom stereocenters. The number of rotatable bonds is 2. The highest BCUT2D eigenvalue weighted by Gasteiger charge is 2.03. The molecule has 0 aromatic heterocycles. The van der Waals surface area contributed by atoms with Gasteiger partial charge in [0.15, 0.2) is 0 Å². The SMILES string of the molecule is C=CC(C)c1cc(Br)cc(C#N)c1. The molecule has 0 fully saturated rings. The molecule has 1 aromatic rings. The molecule has 0 bridgehead atoms. The first-order chi connectivity index (χ1) is 6.17. The van der Waals surface area contributed by atoms with Crippen LogP contribution in [0.2, 0.25) is 0 Å². The van der Waals surface area contributed by atoms with Gasteiger partial charge in [-0.25, -0.2) is 0 Å². The first-order valence-electron chi connectivity index (χ1n) is 4.00. The van der Waals surface area contributed by atoms with Gasteiger partial charge in [0.1, 0.15) is 0 Å². The van der Waals surface area contributed by atoms with E-state index in [1.165, 1.54) is 0 Å². The Balaban J connectivity index is 3.17. The monoisotopic (exact) mass is 235 g/mol. The van der Waals surface area contributed by atoms with Crippen LogP contribution in [0.25, 0.3) is 0 Å². The Morgan fingerprint density at radius 1 is 1.54 bits per heavy atom. The quantitative estimate of drug-likeness (QED) is 0.719. The summed E-state index contributed by atoms with van der Waals surface area (Å²) in [6, 6.07) is 7.82. The van der Waals surface area contributed by atoms with E-state index in [1.807, 2.05) is 18.2 Å². The molecular formula is C11H10BrN. The number of hydrogen-bond acceptors (Lipinski definition) is 1. The van der Waals surface area contributed by atoms with Gasteiger partial charge in [-0.1, -0.05) is 28.9 Å². The van der Waals surface area contributed by atoms with Crippen LogP contribution in [0.5, 0.6) is 0 Å². The molecule has 0 amide bonds. The summed E-state index contributed by atoms with van der Waals surface area (Å²) in [7, 11) is 0. The van der Waals surface area contributed by atoms with Crippen molar-refractivity contribution in [3.8, 4) is 6.07 Å². The summed E-state index contributed by atoms with van der Waals surface area (Å²) >= 11 is 3.37. The molecule has 0 radical (unpaired) electrons. The van der Waals surface area contributed by atoms with E-state index in [0.29, 0.717) is 5.56 Å². The third-order valence-corrected chi connectivity index (χ3v) is 2.39. The molecule has 0 saturated carbocycles. The lowest BCUT2D eigenvalue weighted by atomic mass is 10.00. The maximum Gasteiger partial charge on any atom is 0.0992 e. The molecule has 0 saturated heterocycles. The van der Waals surface area contributed by atoms with Crippen molar-refractivity contribution in [2.75, 3.05) is 0 Å². The minimum atomic E-state index is 0.282. The number of allylic oxidation sites excluding steroid dienone is 1. The Hall–Kier alpha value is -1.07. The molecule has 0 heterocycles. The third kappa shape index (κ3) is 2.43. The Kier molecular flexibility index (Phi) is 3.27. The summed E-state index contributed by atoms with van der Waals surface area (Å²) < 4.78 is 0.940. The van der Waals surface area contributed by atoms with Crippen molar-refractivity contribution >= 4 is 15.9 Å². The Morgan fingerprint density at radius 2 is 2.23 bits per heavy atom. The predicted octanol–water partition coefficient (Wildman–Crippen LogP) is 3.61. The smallest absolute Gasteiger partial charge is 0.0992 e. The van der Waals surface area contributed by atoms with Gasteiger partial charge in [0.05, 0.1) is 11.6 Å². The zero-order valence-corrected chi connectivity index (χ0v) is 9.01. The van der Waals surface area contributed by atoms with Gasteiger partial charge in [0, 0.05) is 4.47 Å². The van der Waals surface area contributed by atoms with Gasteiger partial charge in [0.2, 0.25) is 0 Å². The molecule has 66 valence electrons. The fraction of sp³-hybridized carbons (Fsp3) is 0.182. The van der Waals surface area contributed by atoms with Crippen LogP contribution < -0.4 is 0 Å². The topological polar surface area (TPSA) is 23.8 Å². The predicted molar refractivity (Wildman–Crippen MR) is 57.5 cm³/mol. The van der Waals surface area contributed by atoms with Crippen LogP contribution >= 0.6 is 15.9 Å². The van der Waals surface area contributed by atoms with Gasteiger partial charge in [0.25, 0.3) is 0 Å². The normalized spacial score (nSPS) is 11.8. The van der Waals surface area contributed by atoms with Crippen LogP contribution in [-0.4, -0.2) is 0 Å². The summed E-state index contributed by atoms with van der Waals surface area (Å²) in [5.74, 6) is 0.282. The summed E-state index contributed by atoms with van der Waals surface area (Å²) in [5.41, 5.74) is 1.79. The zero-order chi connectivity index (χ0) is 9.84.